The molecule has 0 heterocycles. The summed E-state index contributed by atoms with van der Waals surface area (Å²) in [5.41, 5.74) is 5.36. The smallest absolute Gasteiger partial charge is 0.220 e. The van der Waals surface area contributed by atoms with Crippen LogP contribution in [0.1, 0.15) is 38.5 Å². The molecular weight excluding hydrogens is 192 g/mol. The molecule has 0 aliphatic heterocycles. The molecule has 1 amide bonds. The molecule has 1 saturated carbocycles. The molecule has 2 unspecified atom stereocenters. The van der Waals surface area contributed by atoms with Gasteiger partial charge in [-0.25, -0.2) is 0 Å². The van der Waals surface area contributed by atoms with Gasteiger partial charge in [0, 0.05) is 25.0 Å². The maximum Gasteiger partial charge on any atom is 0.220 e. The van der Waals surface area contributed by atoms with Crippen molar-refractivity contribution in [2.75, 3.05) is 13.2 Å². The summed E-state index contributed by atoms with van der Waals surface area (Å²) in [7, 11) is 0. The molecule has 4 nitrogen and oxygen atoms in total. The Morgan fingerprint density at radius 1 is 1.40 bits per heavy atom. The Balaban J connectivity index is 2.19. The van der Waals surface area contributed by atoms with Gasteiger partial charge in [0.15, 0.2) is 0 Å². The van der Waals surface area contributed by atoms with Gasteiger partial charge in [-0.05, 0) is 32.2 Å². The zero-order valence-corrected chi connectivity index (χ0v) is 9.24. The predicted octanol–water partition coefficient (Wildman–Crippen LogP) is 0.393. The number of aliphatic hydroxyl groups excluding tert-OH is 1. The Labute approximate surface area is 91.2 Å². The summed E-state index contributed by atoms with van der Waals surface area (Å²) in [6, 6.07) is 0.195. The average Bonchev–Trinajstić information content (AvgIpc) is 2.65. The number of unbranched alkanes of at least 4 members (excludes halogenated alkanes) is 1. The van der Waals surface area contributed by atoms with E-state index in [2.05, 4.69) is 5.32 Å². The van der Waals surface area contributed by atoms with E-state index in [1.807, 2.05) is 0 Å². The Hall–Kier alpha value is -0.610. The first-order chi connectivity index (χ1) is 7.27. The minimum atomic E-state index is 0.105. The van der Waals surface area contributed by atoms with E-state index < -0.39 is 0 Å². The number of hydrogen-bond donors (Lipinski definition) is 3. The van der Waals surface area contributed by atoms with E-state index >= 15 is 0 Å². The van der Waals surface area contributed by atoms with Gasteiger partial charge in [-0.3, -0.25) is 4.79 Å². The van der Waals surface area contributed by atoms with Crippen LogP contribution in [0.25, 0.3) is 0 Å². The highest BCUT2D eigenvalue weighted by Gasteiger charge is 2.27. The zero-order valence-electron chi connectivity index (χ0n) is 9.24. The van der Waals surface area contributed by atoms with Crippen LogP contribution in [0.15, 0.2) is 0 Å². The minimum Gasteiger partial charge on any atom is -0.396 e. The average molecular weight is 214 g/mol. The molecule has 0 bridgehead atoms. The third-order valence-electron chi connectivity index (χ3n) is 3.10. The van der Waals surface area contributed by atoms with Gasteiger partial charge in [-0.15, -0.1) is 0 Å². The fourth-order valence-corrected chi connectivity index (χ4v) is 2.15. The van der Waals surface area contributed by atoms with Crippen LogP contribution in [0.2, 0.25) is 0 Å². The second kappa shape index (κ2) is 6.80. The van der Waals surface area contributed by atoms with Gasteiger partial charge in [0.1, 0.15) is 0 Å². The molecule has 1 fully saturated rings. The van der Waals surface area contributed by atoms with Gasteiger partial charge in [-0.1, -0.05) is 6.42 Å². The van der Waals surface area contributed by atoms with Crippen LogP contribution in [-0.4, -0.2) is 30.2 Å². The molecule has 1 rings (SSSR count). The standard InChI is InChI=1S/C11H22N2O2/c12-7-2-1-6-11(15)13-10-5-3-4-9(10)8-14/h9-10,14H,1-8,12H2,(H,13,15). The predicted molar refractivity (Wildman–Crippen MR) is 59.3 cm³/mol. The summed E-state index contributed by atoms with van der Waals surface area (Å²) < 4.78 is 0. The monoisotopic (exact) mass is 214 g/mol. The maximum absolute atomic E-state index is 11.5. The minimum absolute atomic E-state index is 0.105. The summed E-state index contributed by atoms with van der Waals surface area (Å²) >= 11 is 0. The largest absolute Gasteiger partial charge is 0.396 e. The number of hydrogen-bond acceptors (Lipinski definition) is 3. The first-order valence-corrected chi connectivity index (χ1v) is 5.88. The first-order valence-electron chi connectivity index (χ1n) is 5.88. The Morgan fingerprint density at radius 2 is 2.20 bits per heavy atom. The van der Waals surface area contributed by atoms with Crippen molar-refractivity contribution < 1.29 is 9.90 Å². The van der Waals surface area contributed by atoms with Crippen LogP contribution in [0.3, 0.4) is 0 Å². The van der Waals surface area contributed by atoms with Crippen molar-refractivity contribution >= 4 is 5.91 Å². The fourth-order valence-electron chi connectivity index (χ4n) is 2.15. The number of amides is 1. The lowest BCUT2D eigenvalue weighted by atomic mass is 10.0. The van der Waals surface area contributed by atoms with Crippen LogP contribution >= 0.6 is 0 Å². The summed E-state index contributed by atoms with van der Waals surface area (Å²) in [6.45, 7) is 0.837. The molecule has 4 heteroatoms. The molecule has 0 aromatic heterocycles. The molecule has 4 N–H and O–H groups in total. The zero-order chi connectivity index (χ0) is 11.1. The number of nitrogens with one attached hydrogen (secondary N) is 1. The fraction of sp³-hybridized carbons (Fsp3) is 0.909. The molecule has 88 valence electrons. The quantitative estimate of drug-likeness (QED) is 0.560. The summed E-state index contributed by atoms with van der Waals surface area (Å²) in [5.74, 6) is 0.372. The number of carbonyl (C=O) groups excluding carboxylic acids is 1. The van der Waals surface area contributed by atoms with Crippen molar-refractivity contribution in [2.24, 2.45) is 11.7 Å². The van der Waals surface area contributed by atoms with Crippen molar-refractivity contribution in [3.63, 3.8) is 0 Å². The lowest BCUT2D eigenvalue weighted by molar-refractivity contribution is -0.122. The molecule has 0 spiro atoms. The van der Waals surface area contributed by atoms with Crippen molar-refractivity contribution in [3.05, 3.63) is 0 Å². The third-order valence-corrected chi connectivity index (χ3v) is 3.10. The molecule has 0 aromatic carbocycles. The topological polar surface area (TPSA) is 75.4 Å². The van der Waals surface area contributed by atoms with Crippen molar-refractivity contribution in [1.82, 2.24) is 5.32 Å². The van der Waals surface area contributed by atoms with E-state index in [1.165, 1.54) is 0 Å². The van der Waals surface area contributed by atoms with Gasteiger partial charge in [0.05, 0.1) is 0 Å². The Bertz CT molecular complexity index is 197. The van der Waals surface area contributed by atoms with Crippen molar-refractivity contribution in [2.45, 2.75) is 44.6 Å². The van der Waals surface area contributed by atoms with Crippen LogP contribution in [-0.2, 0) is 4.79 Å². The normalized spacial score (nSPS) is 25.5. The lowest BCUT2D eigenvalue weighted by Gasteiger charge is -2.18. The lowest BCUT2D eigenvalue weighted by Crippen LogP contribution is -2.38. The highest BCUT2D eigenvalue weighted by Crippen LogP contribution is 2.25. The van der Waals surface area contributed by atoms with E-state index in [-0.39, 0.29) is 24.5 Å². The van der Waals surface area contributed by atoms with Crippen LogP contribution in [0, 0.1) is 5.92 Å². The third kappa shape index (κ3) is 4.18. The molecule has 0 aromatic rings. The van der Waals surface area contributed by atoms with Gasteiger partial charge in [0.2, 0.25) is 5.91 Å². The van der Waals surface area contributed by atoms with Gasteiger partial charge < -0.3 is 16.2 Å². The van der Waals surface area contributed by atoms with Crippen molar-refractivity contribution in [1.29, 1.82) is 0 Å². The summed E-state index contributed by atoms with van der Waals surface area (Å²) in [4.78, 5) is 11.5. The van der Waals surface area contributed by atoms with Gasteiger partial charge in [-0.2, -0.15) is 0 Å². The Kier molecular flexibility index (Phi) is 5.65. The molecule has 1 aliphatic rings. The highest BCUT2D eigenvalue weighted by atomic mass is 16.3. The van der Waals surface area contributed by atoms with E-state index in [9.17, 15) is 4.79 Å². The molecular formula is C11H22N2O2. The second-order valence-electron chi connectivity index (χ2n) is 4.29. The van der Waals surface area contributed by atoms with E-state index in [0.29, 0.717) is 13.0 Å². The Morgan fingerprint density at radius 3 is 2.87 bits per heavy atom. The van der Waals surface area contributed by atoms with E-state index in [1.54, 1.807) is 0 Å². The van der Waals surface area contributed by atoms with Crippen LogP contribution in [0.5, 0.6) is 0 Å². The molecule has 0 saturated heterocycles. The molecule has 2 atom stereocenters. The van der Waals surface area contributed by atoms with Crippen LogP contribution < -0.4 is 11.1 Å². The molecule has 0 radical (unpaired) electrons. The number of carbonyl (C=O) groups is 1. The molecule has 1 aliphatic carbocycles. The summed E-state index contributed by atoms with van der Waals surface area (Å²) in [6.07, 6.45) is 5.48. The van der Waals surface area contributed by atoms with Crippen molar-refractivity contribution in [3.8, 4) is 0 Å². The second-order valence-corrected chi connectivity index (χ2v) is 4.29. The van der Waals surface area contributed by atoms with E-state index in [0.717, 1.165) is 32.1 Å². The highest BCUT2D eigenvalue weighted by molar-refractivity contribution is 5.76. The number of aliphatic hydroxyl groups is 1. The van der Waals surface area contributed by atoms with Gasteiger partial charge >= 0.3 is 0 Å². The van der Waals surface area contributed by atoms with Gasteiger partial charge in [0.25, 0.3) is 0 Å². The number of nitrogens with two attached hydrogens (primary N) is 1. The maximum atomic E-state index is 11.5. The van der Waals surface area contributed by atoms with E-state index in [4.69, 9.17) is 10.8 Å². The number of rotatable bonds is 6. The first kappa shape index (κ1) is 12.5. The molecule has 15 heavy (non-hydrogen) atoms. The summed E-state index contributed by atoms with van der Waals surface area (Å²) in [5, 5.41) is 12.1. The SMILES string of the molecule is NCCCCC(=O)NC1CCCC1CO. The van der Waals surface area contributed by atoms with Crippen LogP contribution in [0.4, 0.5) is 0 Å².